The van der Waals surface area contributed by atoms with Crippen molar-refractivity contribution in [1.82, 2.24) is 5.32 Å². The van der Waals surface area contributed by atoms with Crippen LogP contribution in [0.4, 0.5) is 0 Å². The first-order valence-electron chi connectivity index (χ1n) is 6.28. The summed E-state index contributed by atoms with van der Waals surface area (Å²) in [5.41, 5.74) is 1.38. The zero-order chi connectivity index (χ0) is 11.5. The quantitative estimate of drug-likeness (QED) is 0.856. The van der Waals surface area contributed by atoms with E-state index in [1.807, 2.05) is 11.3 Å². The van der Waals surface area contributed by atoms with Crippen molar-refractivity contribution in [3.63, 3.8) is 0 Å². The zero-order valence-electron chi connectivity index (χ0n) is 9.80. The second-order valence-electron chi connectivity index (χ2n) is 4.65. The molecule has 1 atom stereocenters. The Hall–Kier alpha value is -1.12. The largest absolute Gasteiger partial charge is 0.303 e. The molecule has 1 fully saturated rings. The maximum absolute atomic E-state index is 3.78. The fourth-order valence-corrected chi connectivity index (χ4v) is 3.07. The molecule has 2 heteroatoms. The van der Waals surface area contributed by atoms with Crippen LogP contribution in [-0.4, -0.2) is 6.04 Å². The van der Waals surface area contributed by atoms with Gasteiger partial charge < -0.3 is 5.32 Å². The highest BCUT2D eigenvalue weighted by molar-refractivity contribution is 7.10. The molecule has 0 amide bonds. The monoisotopic (exact) mass is 243 g/mol. The number of benzene rings is 1. The number of hydrogen-bond acceptors (Lipinski definition) is 2. The summed E-state index contributed by atoms with van der Waals surface area (Å²) >= 11 is 1.84. The van der Waals surface area contributed by atoms with E-state index in [0.717, 1.165) is 0 Å². The van der Waals surface area contributed by atoms with Gasteiger partial charge in [-0.15, -0.1) is 11.3 Å². The van der Waals surface area contributed by atoms with E-state index < -0.39 is 0 Å². The standard InChI is InChI=1S/C15H17NS/c1-2-6-12(7-3-1)15(14-10-5-11-17-14)16-13-8-4-9-13/h1-3,5-7,10-11,13,15-16H,4,8-9H2. The lowest BCUT2D eigenvalue weighted by atomic mass is 9.91. The molecular weight excluding hydrogens is 226 g/mol. The molecule has 0 spiro atoms. The van der Waals surface area contributed by atoms with E-state index in [2.05, 4.69) is 53.2 Å². The van der Waals surface area contributed by atoms with Gasteiger partial charge in [0.2, 0.25) is 0 Å². The van der Waals surface area contributed by atoms with E-state index in [1.165, 1.54) is 29.7 Å². The Labute approximate surface area is 106 Å². The molecule has 2 aromatic rings. The Balaban J connectivity index is 1.85. The molecule has 1 aliphatic carbocycles. The van der Waals surface area contributed by atoms with E-state index in [1.54, 1.807) is 0 Å². The molecule has 0 bridgehead atoms. The third-order valence-electron chi connectivity index (χ3n) is 3.47. The van der Waals surface area contributed by atoms with Crippen molar-refractivity contribution >= 4 is 11.3 Å². The van der Waals surface area contributed by atoms with Crippen LogP contribution in [-0.2, 0) is 0 Å². The average Bonchev–Trinajstić information content (AvgIpc) is 2.82. The van der Waals surface area contributed by atoms with Gasteiger partial charge in [-0.3, -0.25) is 0 Å². The maximum Gasteiger partial charge on any atom is 0.0673 e. The van der Waals surface area contributed by atoms with E-state index in [9.17, 15) is 0 Å². The van der Waals surface area contributed by atoms with Crippen molar-refractivity contribution in [2.75, 3.05) is 0 Å². The van der Waals surface area contributed by atoms with Gasteiger partial charge in [-0.1, -0.05) is 42.8 Å². The third-order valence-corrected chi connectivity index (χ3v) is 4.41. The minimum absolute atomic E-state index is 0.376. The highest BCUT2D eigenvalue weighted by Crippen LogP contribution is 2.29. The Bertz CT molecular complexity index is 445. The van der Waals surface area contributed by atoms with E-state index >= 15 is 0 Å². The number of nitrogens with one attached hydrogen (secondary N) is 1. The third kappa shape index (κ3) is 2.43. The van der Waals surface area contributed by atoms with Crippen molar-refractivity contribution < 1.29 is 0 Å². The zero-order valence-corrected chi connectivity index (χ0v) is 10.6. The van der Waals surface area contributed by atoms with Gasteiger partial charge in [0, 0.05) is 10.9 Å². The first-order chi connectivity index (χ1) is 8.43. The maximum atomic E-state index is 3.78. The Morgan fingerprint density at radius 1 is 1.06 bits per heavy atom. The Morgan fingerprint density at radius 2 is 1.88 bits per heavy atom. The van der Waals surface area contributed by atoms with Gasteiger partial charge >= 0.3 is 0 Å². The van der Waals surface area contributed by atoms with E-state index in [4.69, 9.17) is 0 Å². The van der Waals surface area contributed by atoms with Crippen molar-refractivity contribution in [2.24, 2.45) is 0 Å². The van der Waals surface area contributed by atoms with Crippen LogP contribution >= 0.6 is 11.3 Å². The fourth-order valence-electron chi connectivity index (χ4n) is 2.25. The summed E-state index contributed by atoms with van der Waals surface area (Å²) in [4.78, 5) is 1.42. The molecule has 1 N–H and O–H groups in total. The van der Waals surface area contributed by atoms with Gasteiger partial charge in [0.25, 0.3) is 0 Å². The van der Waals surface area contributed by atoms with Crippen molar-refractivity contribution in [3.05, 3.63) is 58.3 Å². The van der Waals surface area contributed by atoms with Gasteiger partial charge in [0.1, 0.15) is 0 Å². The van der Waals surface area contributed by atoms with Crippen LogP contribution in [0.3, 0.4) is 0 Å². The second kappa shape index (κ2) is 5.03. The first-order valence-corrected chi connectivity index (χ1v) is 7.16. The lowest BCUT2D eigenvalue weighted by Crippen LogP contribution is -2.38. The van der Waals surface area contributed by atoms with Gasteiger partial charge in [0.15, 0.2) is 0 Å². The lowest BCUT2D eigenvalue weighted by molar-refractivity contribution is 0.322. The predicted molar refractivity (Wildman–Crippen MR) is 73.4 cm³/mol. The summed E-state index contributed by atoms with van der Waals surface area (Å²) in [5, 5.41) is 5.94. The molecule has 1 aliphatic rings. The lowest BCUT2D eigenvalue weighted by Gasteiger charge is -2.31. The molecule has 17 heavy (non-hydrogen) atoms. The summed E-state index contributed by atoms with van der Waals surface area (Å²) < 4.78 is 0. The van der Waals surface area contributed by atoms with Crippen LogP contribution < -0.4 is 5.32 Å². The second-order valence-corrected chi connectivity index (χ2v) is 5.63. The molecule has 88 valence electrons. The van der Waals surface area contributed by atoms with Gasteiger partial charge in [-0.2, -0.15) is 0 Å². The van der Waals surface area contributed by atoms with Crippen molar-refractivity contribution in [2.45, 2.75) is 31.3 Å². The molecule has 0 radical (unpaired) electrons. The van der Waals surface area contributed by atoms with Gasteiger partial charge in [-0.05, 0) is 29.9 Å². The summed E-state index contributed by atoms with van der Waals surface area (Å²) in [6, 6.07) is 16.2. The molecule has 0 aliphatic heterocycles. The molecule has 1 aromatic carbocycles. The van der Waals surface area contributed by atoms with E-state index in [0.29, 0.717) is 12.1 Å². The average molecular weight is 243 g/mol. The highest BCUT2D eigenvalue weighted by Gasteiger charge is 2.23. The fraction of sp³-hybridized carbons (Fsp3) is 0.333. The number of rotatable bonds is 4. The van der Waals surface area contributed by atoms with Crippen molar-refractivity contribution in [3.8, 4) is 0 Å². The summed E-state index contributed by atoms with van der Waals surface area (Å²) in [5.74, 6) is 0. The summed E-state index contributed by atoms with van der Waals surface area (Å²) in [6.45, 7) is 0. The van der Waals surface area contributed by atoms with Crippen LogP contribution in [0, 0.1) is 0 Å². The molecule has 3 rings (SSSR count). The smallest absolute Gasteiger partial charge is 0.0673 e. The SMILES string of the molecule is c1ccc(C(NC2CCC2)c2cccs2)cc1. The normalized spacial score (nSPS) is 17.6. The van der Waals surface area contributed by atoms with Crippen LogP contribution in [0.2, 0.25) is 0 Å². The molecule has 1 aromatic heterocycles. The first kappa shape index (κ1) is 11.0. The predicted octanol–water partition coefficient (Wildman–Crippen LogP) is 3.98. The molecule has 1 heterocycles. The minimum Gasteiger partial charge on any atom is -0.303 e. The summed E-state index contributed by atoms with van der Waals surface area (Å²) in [6.07, 6.45) is 4.03. The molecule has 0 saturated heterocycles. The number of hydrogen-bond donors (Lipinski definition) is 1. The molecule has 1 nitrogen and oxygen atoms in total. The van der Waals surface area contributed by atoms with Crippen LogP contribution in [0.1, 0.15) is 35.7 Å². The Kier molecular flexibility index (Phi) is 3.25. The van der Waals surface area contributed by atoms with Crippen LogP contribution in [0.25, 0.3) is 0 Å². The number of thiophene rings is 1. The van der Waals surface area contributed by atoms with Gasteiger partial charge in [0.05, 0.1) is 6.04 Å². The van der Waals surface area contributed by atoms with Gasteiger partial charge in [-0.25, -0.2) is 0 Å². The minimum atomic E-state index is 0.376. The van der Waals surface area contributed by atoms with Crippen LogP contribution in [0.15, 0.2) is 47.8 Å². The summed E-state index contributed by atoms with van der Waals surface area (Å²) in [7, 11) is 0. The van der Waals surface area contributed by atoms with E-state index in [-0.39, 0.29) is 0 Å². The van der Waals surface area contributed by atoms with Crippen LogP contribution in [0.5, 0.6) is 0 Å². The topological polar surface area (TPSA) is 12.0 Å². The molecule has 1 saturated carbocycles. The van der Waals surface area contributed by atoms with Crippen molar-refractivity contribution in [1.29, 1.82) is 0 Å². The molecule has 1 unspecified atom stereocenters. The molecular formula is C15H17NS. The Morgan fingerprint density at radius 3 is 2.47 bits per heavy atom. The highest BCUT2D eigenvalue weighted by atomic mass is 32.1.